The third-order valence-corrected chi connectivity index (χ3v) is 1.20. The molecule has 7 N–H and O–H groups in total. The van der Waals surface area contributed by atoms with Crippen molar-refractivity contribution in [2.45, 2.75) is 13.0 Å². The van der Waals surface area contributed by atoms with E-state index in [0.29, 0.717) is 0 Å². The number of aliphatic carboxylic acids is 2. The van der Waals surface area contributed by atoms with Crippen molar-refractivity contribution in [1.29, 1.82) is 0 Å². The van der Waals surface area contributed by atoms with Gasteiger partial charge in [-0.1, -0.05) is 0 Å². The topological polar surface area (TPSA) is 253 Å². The Bertz CT molecular complexity index is 470. The van der Waals surface area contributed by atoms with E-state index in [-0.39, 0.29) is 0 Å². The Morgan fingerprint density at radius 2 is 1.10 bits per heavy atom. The van der Waals surface area contributed by atoms with Gasteiger partial charge in [-0.05, 0) is 6.92 Å². The van der Waals surface area contributed by atoms with Crippen LogP contribution < -0.4 is 0 Å². The minimum absolute atomic E-state index is 1.12. The quantitative estimate of drug-likeness (QED) is 0.168. The zero-order chi connectivity index (χ0) is 18.0. The summed E-state index contributed by atoms with van der Waals surface area (Å²) in [6.45, 7) is 1.12. The average molecular weight is 360 g/mol. The number of rotatable bonds is 4. The highest BCUT2D eigenvalue weighted by Crippen LogP contribution is 2.06. The Kier molecular flexibility index (Phi) is 12.1. The van der Waals surface area contributed by atoms with E-state index >= 15 is 0 Å². The molecule has 0 aromatic carbocycles. The molecule has 2 atom stereocenters. The van der Waals surface area contributed by atoms with Gasteiger partial charge in [-0.2, -0.15) is 16.8 Å². The van der Waals surface area contributed by atoms with Crippen LogP contribution in [0.15, 0.2) is 0 Å². The second-order valence-electron chi connectivity index (χ2n) is 2.89. The normalized spacial score (nSPS) is 13.6. The Morgan fingerprint density at radius 1 is 0.857 bits per heavy atom. The fourth-order valence-electron chi connectivity index (χ4n) is 0.480. The molecule has 0 radical (unpaired) electrons. The minimum Gasteiger partial charge on any atom is -0.481 e. The molecule has 0 aliphatic rings. The summed E-state index contributed by atoms with van der Waals surface area (Å²) in [5, 5.41) is 24.5. The Hall–Kier alpha value is -1.40. The standard InChI is InChI=1S/C5H8O6.2H2O4S/c1-2(4(6)7)3(11-10)5(8)9;2*1-5(2,3)4/h2-3,10H,1H3,(H,6,7)(H,8,9);2*(H2,1,2,3,4). The molecular weight excluding hydrogens is 348 g/mol. The van der Waals surface area contributed by atoms with E-state index in [9.17, 15) is 9.59 Å². The van der Waals surface area contributed by atoms with Gasteiger partial charge in [0.15, 0.2) is 0 Å². The smallest absolute Gasteiger partial charge is 0.394 e. The first-order valence-electron chi connectivity index (χ1n) is 4.16. The highest BCUT2D eigenvalue weighted by molar-refractivity contribution is 7.80. The molecule has 0 spiro atoms. The predicted octanol–water partition coefficient (Wildman–Crippen LogP) is -1.66. The molecule has 2 unspecified atom stereocenters. The summed E-state index contributed by atoms with van der Waals surface area (Å²) in [5.41, 5.74) is 0. The molecule has 0 bridgehead atoms. The van der Waals surface area contributed by atoms with Gasteiger partial charge in [-0.25, -0.2) is 9.68 Å². The van der Waals surface area contributed by atoms with Crippen molar-refractivity contribution in [1.82, 2.24) is 0 Å². The molecule has 16 heteroatoms. The van der Waals surface area contributed by atoms with E-state index in [2.05, 4.69) is 4.89 Å². The van der Waals surface area contributed by atoms with Gasteiger partial charge in [-0.3, -0.25) is 28.3 Å². The molecule has 0 rings (SSSR count). The lowest BCUT2D eigenvalue weighted by molar-refractivity contribution is -0.285. The average Bonchev–Trinajstić information content (AvgIpc) is 2.11. The fraction of sp³-hybridized carbons (Fsp3) is 0.600. The van der Waals surface area contributed by atoms with Crippen LogP contribution in [0, 0.1) is 5.92 Å². The number of hydrogen-bond acceptors (Lipinski definition) is 8. The largest absolute Gasteiger partial charge is 0.481 e. The van der Waals surface area contributed by atoms with Crippen molar-refractivity contribution in [3.63, 3.8) is 0 Å². The maximum absolute atomic E-state index is 10.1. The summed E-state index contributed by atoms with van der Waals surface area (Å²) in [6.07, 6.45) is -1.72. The lowest BCUT2D eigenvalue weighted by Crippen LogP contribution is -2.34. The van der Waals surface area contributed by atoms with Gasteiger partial charge >= 0.3 is 32.7 Å². The van der Waals surface area contributed by atoms with Gasteiger partial charge < -0.3 is 10.2 Å². The molecule has 0 aromatic rings. The van der Waals surface area contributed by atoms with Crippen molar-refractivity contribution in [3.8, 4) is 0 Å². The number of hydrogen-bond donors (Lipinski definition) is 7. The minimum atomic E-state index is -4.67. The first kappa shape index (κ1) is 24.6. The van der Waals surface area contributed by atoms with Crippen LogP contribution in [0.5, 0.6) is 0 Å². The summed E-state index contributed by atoms with van der Waals surface area (Å²) in [4.78, 5) is 23.7. The molecule has 0 saturated carbocycles. The van der Waals surface area contributed by atoms with Crippen LogP contribution in [0.25, 0.3) is 0 Å². The van der Waals surface area contributed by atoms with Crippen molar-refractivity contribution in [2.24, 2.45) is 5.92 Å². The predicted molar refractivity (Wildman–Crippen MR) is 60.3 cm³/mol. The van der Waals surface area contributed by atoms with Gasteiger partial charge in [0.1, 0.15) is 0 Å². The fourth-order valence-corrected chi connectivity index (χ4v) is 0.480. The van der Waals surface area contributed by atoms with Crippen LogP contribution in [0.1, 0.15) is 6.92 Å². The Labute approximate surface area is 117 Å². The third-order valence-electron chi connectivity index (χ3n) is 1.20. The number of carbonyl (C=O) groups is 2. The molecule has 0 aliphatic heterocycles. The summed E-state index contributed by atoms with van der Waals surface area (Å²) >= 11 is 0. The van der Waals surface area contributed by atoms with Crippen molar-refractivity contribution < 1.29 is 65.0 Å². The van der Waals surface area contributed by atoms with E-state index < -0.39 is 44.8 Å². The molecule has 0 heterocycles. The molecule has 21 heavy (non-hydrogen) atoms. The lowest BCUT2D eigenvalue weighted by Gasteiger charge is -2.11. The van der Waals surface area contributed by atoms with Crippen LogP contribution in [-0.2, 0) is 35.3 Å². The first-order valence-corrected chi connectivity index (χ1v) is 6.95. The van der Waals surface area contributed by atoms with E-state index in [0.717, 1.165) is 6.92 Å². The molecule has 0 aliphatic carbocycles. The molecule has 0 aromatic heterocycles. The SMILES string of the molecule is CC(C(=O)O)C(OO)C(=O)O.O=S(=O)(O)O.O=S(=O)(O)O. The second-order valence-corrected chi connectivity index (χ2v) is 4.68. The van der Waals surface area contributed by atoms with Gasteiger partial charge in [0.05, 0.1) is 5.92 Å². The van der Waals surface area contributed by atoms with Crippen LogP contribution in [0.3, 0.4) is 0 Å². The zero-order valence-corrected chi connectivity index (χ0v) is 11.6. The van der Waals surface area contributed by atoms with Crippen LogP contribution in [0.4, 0.5) is 0 Å². The van der Waals surface area contributed by atoms with Crippen LogP contribution in [-0.4, -0.2) is 68.6 Å². The summed E-state index contributed by atoms with van der Waals surface area (Å²) in [6, 6.07) is 0. The van der Waals surface area contributed by atoms with Crippen molar-refractivity contribution in [3.05, 3.63) is 0 Å². The second kappa shape index (κ2) is 10.3. The van der Waals surface area contributed by atoms with Gasteiger partial charge in [-0.15, -0.1) is 0 Å². The summed E-state index contributed by atoms with van der Waals surface area (Å²) in [5.74, 6) is -4.13. The highest BCUT2D eigenvalue weighted by Gasteiger charge is 2.31. The van der Waals surface area contributed by atoms with E-state index in [4.69, 9.17) is 50.5 Å². The molecular formula is C5H12O14S2. The first-order chi connectivity index (χ1) is 9.00. The molecule has 0 saturated heterocycles. The monoisotopic (exact) mass is 360 g/mol. The Morgan fingerprint density at radius 3 is 1.14 bits per heavy atom. The van der Waals surface area contributed by atoms with E-state index in [1.807, 2.05) is 0 Å². The summed E-state index contributed by atoms with van der Waals surface area (Å²) < 4.78 is 63.2. The van der Waals surface area contributed by atoms with Crippen LogP contribution in [0.2, 0.25) is 0 Å². The molecule has 0 amide bonds. The maximum atomic E-state index is 10.1. The molecule has 0 fully saturated rings. The maximum Gasteiger partial charge on any atom is 0.394 e. The number of carboxylic acid groups (broad SMARTS) is 2. The highest BCUT2D eigenvalue weighted by atomic mass is 32.3. The van der Waals surface area contributed by atoms with Crippen LogP contribution >= 0.6 is 0 Å². The number of carboxylic acids is 2. The van der Waals surface area contributed by atoms with Crippen molar-refractivity contribution >= 4 is 32.7 Å². The van der Waals surface area contributed by atoms with E-state index in [1.165, 1.54) is 0 Å². The van der Waals surface area contributed by atoms with Gasteiger partial charge in [0.2, 0.25) is 6.10 Å². The Balaban J connectivity index is -0.000000270. The van der Waals surface area contributed by atoms with Crippen molar-refractivity contribution in [2.75, 3.05) is 0 Å². The lowest BCUT2D eigenvalue weighted by atomic mass is 10.1. The summed E-state index contributed by atoms with van der Waals surface area (Å²) in [7, 11) is -9.33. The van der Waals surface area contributed by atoms with Gasteiger partial charge in [0, 0.05) is 0 Å². The molecule has 14 nitrogen and oxygen atoms in total. The van der Waals surface area contributed by atoms with E-state index in [1.54, 1.807) is 0 Å². The van der Waals surface area contributed by atoms with Gasteiger partial charge in [0.25, 0.3) is 0 Å². The molecule has 128 valence electrons. The zero-order valence-electron chi connectivity index (χ0n) is 9.96. The third kappa shape index (κ3) is 32.3.